The van der Waals surface area contributed by atoms with E-state index in [-0.39, 0.29) is 0 Å². The van der Waals surface area contributed by atoms with Crippen molar-refractivity contribution in [2.75, 3.05) is 0 Å². The lowest BCUT2D eigenvalue weighted by molar-refractivity contribution is 0.757. The molecule has 16 heavy (non-hydrogen) atoms. The largest absolute Gasteiger partial charge is 0.0839 e. The number of benzene rings is 1. The van der Waals surface area contributed by atoms with Crippen LogP contribution in [0.1, 0.15) is 43.7 Å². The van der Waals surface area contributed by atoms with E-state index in [0.717, 1.165) is 6.42 Å². The number of hydrogen-bond acceptors (Lipinski definition) is 0. The summed E-state index contributed by atoms with van der Waals surface area (Å²) >= 11 is 0. The molecule has 1 aliphatic carbocycles. The zero-order chi connectivity index (χ0) is 11.4. The Bertz CT molecular complexity index is 410. The molecule has 2 rings (SSSR count). The predicted molar refractivity (Wildman–Crippen MR) is 70.7 cm³/mol. The van der Waals surface area contributed by atoms with Crippen LogP contribution in [0.15, 0.2) is 48.1 Å². The van der Waals surface area contributed by atoms with Crippen LogP contribution in [0.5, 0.6) is 0 Å². The highest BCUT2D eigenvalue weighted by Crippen LogP contribution is 2.25. The Labute approximate surface area is 98.7 Å². The molecule has 1 aromatic rings. The van der Waals surface area contributed by atoms with Crippen LogP contribution in [0, 0.1) is 0 Å². The van der Waals surface area contributed by atoms with Crippen molar-refractivity contribution in [1.29, 1.82) is 0 Å². The Balaban J connectivity index is 2.33. The molecular formula is C16H20. The summed E-state index contributed by atoms with van der Waals surface area (Å²) in [6, 6.07) is 8.89. The van der Waals surface area contributed by atoms with Gasteiger partial charge in [-0.3, -0.25) is 0 Å². The molecule has 1 unspecified atom stereocenters. The molecule has 0 bridgehead atoms. The summed E-state index contributed by atoms with van der Waals surface area (Å²) in [6.45, 7) is 4.54. The SMILES string of the molecule is CC1=CC=CCC(C)c2ccccc2CC1. The summed E-state index contributed by atoms with van der Waals surface area (Å²) in [5, 5.41) is 0. The molecule has 1 aromatic carbocycles. The van der Waals surface area contributed by atoms with E-state index in [1.807, 2.05) is 0 Å². The molecule has 84 valence electrons. The van der Waals surface area contributed by atoms with Crippen LogP contribution in [0.2, 0.25) is 0 Å². The Morgan fingerprint density at radius 2 is 1.94 bits per heavy atom. The Kier molecular flexibility index (Phi) is 3.61. The molecule has 0 nitrogen and oxygen atoms in total. The lowest BCUT2D eigenvalue weighted by Crippen LogP contribution is -2.00. The van der Waals surface area contributed by atoms with Crippen LogP contribution in [-0.4, -0.2) is 0 Å². The zero-order valence-electron chi connectivity index (χ0n) is 10.2. The van der Waals surface area contributed by atoms with Crippen LogP contribution in [-0.2, 0) is 6.42 Å². The van der Waals surface area contributed by atoms with E-state index in [4.69, 9.17) is 0 Å². The van der Waals surface area contributed by atoms with E-state index >= 15 is 0 Å². The Morgan fingerprint density at radius 3 is 2.81 bits per heavy atom. The number of allylic oxidation sites excluding steroid dienone is 4. The molecule has 0 saturated carbocycles. The molecule has 0 fully saturated rings. The molecule has 0 aromatic heterocycles. The number of rotatable bonds is 0. The molecule has 1 atom stereocenters. The minimum absolute atomic E-state index is 0.638. The normalized spacial score (nSPS) is 21.1. The van der Waals surface area contributed by atoms with Crippen molar-refractivity contribution in [3.8, 4) is 0 Å². The van der Waals surface area contributed by atoms with E-state index in [9.17, 15) is 0 Å². The summed E-state index contributed by atoms with van der Waals surface area (Å²) in [5.74, 6) is 0.638. The van der Waals surface area contributed by atoms with Crippen molar-refractivity contribution >= 4 is 0 Å². The molecule has 0 spiro atoms. The van der Waals surface area contributed by atoms with E-state index < -0.39 is 0 Å². The van der Waals surface area contributed by atoms with Crippen molar-refractivity contribution in [2.24, 2.45) is 0 Å². The van der Waals surface area contributed by atoms with Crippen LogP contribution >= 0.6 is 0 Å². The van der Waals surface area contributed by atoms with Gasteiger partial charge < -0.3 is 0 Å². The minimum Gasteiger partial charge on any atom is -0.0839 e. The summed E-state index contributed by atoms with van der Waals surface area (Å²) in [6.07, 6.45) is 10.2. The Morgan fingerprint density at radius 1 is 1.12 bits per heavy atom. The van der Waals surface area contributed by atoms with E-state index in [1.54, 1.807) is 0 Å². The number of hydrogen-bond donors (Lipinski definition) is 0. The number of fused-ring (bicyclic) bond motifs is 1. The highest BCUT2D eigenvalue weighted by molar-refractivity contribution is 5.32. The third-order valence-electron chi connectivity index (χ3n) is 3.38. The summed E-state index contributed by atoms with van der Waals surface area (Å²) in [4.78, 5) is 0. The van der Waals surface area contributed by atoms with Crippen molar-refractivity contribution in [1.82, 2.24) is 0 Å². The van der Waals surface area contributed by atoms with E-state index in [1.165, 1.54) is 29.5 Å². The molecule has 0 aliphatic heterocycles. The maximum Gasteiger partial charge on any atom is -0.0153 e. The molecule has 0 N–H and O–H groups in total. The van der Waals surface area contributed by atoms with Gasteiger partial charge in [0.2, 0.25) is 0 Å². The molecule has 1 aliphatic rings. The third kappa shape index (κ3) is 2.63. The monoisotopic (exact) mass is 212 g/mol. The molecule has 0 heterocycles. The fourth-order valence-electron chi connectivity index (χ4n) is 2.30. The van der Waals surface area contributed by atoms with Crippen LogP contribution in [0.3, 0.4) is 0 Å². The van der Waals surface area contributed by atoms with Gasteiger partial charge in [0.25, 0.3) is 0 Å². The fraction of sp³-hybridized carbons (Fsp3) is 0.375. The molecule has 0 saturated heterocycles. The van der Waals surface area contributed by atoms with E-state index in [0.29, 0.717) is 5.92 Å². The molecule has 0 amide bonds. The van der Waals surface area contributed by atoms with Gasteiger partial charge in [0.15, 0.2) is 0 Å². The van der Waals surface area contributed by atoms with Crippen LogP contribution < -0.4 is 0 Å². The van der Waals surface area contributed by atoms with Crippen LogP contribution in [0.25, 0.3) is 0 Å². The smallest absolute Gasteiger partial charge is 0.0153 e. The predicted octanol–water partition coefficient (Wildman–Crippen LogP) is 4.63. The first-order valence-corrected chi connectivity index (χ1v) is 6.17. The molecular weight excluding hydrogens is 192 g/mol. The molecule has 0 radical (unpaired) electrons. The first-order valence-electron chi connectivity index (χ1n) is 6.17. The second-order valence-electron chi connectivity index (χ2n) is 4.78. The van der Waals surface area contributed by atoms with Gasteiger partial charge in [-0.25, -0.2) is 0 Å². The van der Waals surface area contributed by atoms with Gasteiger partial charge >= 0.3 is 0 Å². The maximum atomic E-state index is 2.32. The first kappa shape index (κ1) is 11.2. The van der Waals surface area contributed by atoms with Crippen molar-refractivity contribution in [3.05, 3.63) is 59.2 Å². The quantitative estimate of drug-likeness (QED) is 0.588. The van der Waals surface area contributed by atoms with Gasteiger partial charge in [-0.2, -0.15) is 0 Å². The van der Waals surface area contributed by atoms with Crippen molar-refractivity contribution < 1.29 is 0 Å². The van der Waals surface area contributed by atoms with Gasteiger partial charge in [0.05, 0.1) is 0 Å². The van der Waals surface area contributed by atoms with Gasteiger partial charge in [-0.15, -0.1) is 0 Å². The second kappa shape index (κ2) is 5.16. The zero-order valence-corrected chi connectivity index (χ0v) is 10.2. The lowest BCUT2D eigenvalue weighted by atomic mass is 9.89. The average Bonchev–Trinajstić information content (AvgIpc) is 2.31. The summed E-state index contributed by atoms with van der Waals surface area (Å²) in [5.41, 5.74) is 4.53. The minimum atomic E-state index is 0.638. The van der Waals surface area contributed by atoms with E-state index in [2.05, 4.69) is 56.3 Å². The van der Waals surface area contributed by atoms with Gasteiger partial charge in [-0.05, 0) is 43.2 Å². The summed E-state index contributed by atoms with van der Waals surface area (Å²) in [7, 11) is 0. The second-order valence-corrected chi connectivity index (χ2v) is 4.78. The molecule has 0 heteroatoms. The third-order valence-corrected chi connectivity index (χ3v) is 3.38. The highest BCUT2D eigenvalue weighted by atomic mass is 14.1. The van der Waals surface area contributed by atoms with Gasteiger partial charge in [0, 0.05) is 0 Å². The average molecular weight is 212 g/mol. The maximum absolute atomic E-state index is 2.32. The summed E-state index contributed by atoms with van der Waals surface area (Å²) < 4.78 is 0. The van der Waals surface area contributed by atoms with Gasteiger partial charge in [0.1, 0.15) is 0 Å². The van der Waals surface area contributed by atoms with Gasteiger partial charge in [-0.1, -0.05) is 55.0 Å². The highest BCUT2D eigenvalue weighted by Gasteiger charge is 2.09. The lowest BCUT2D eigenvalue weighted by Gasteiger charge is -2.16. The standard InChI is InChI=1S/C16H20/c1-13-7-3-4-8-14(2)16-10-6-5-9-15(16)12-11-13/h3-7,9-10,14H,8,11-12H2,1-2H3. The number of aryl methyl sites for hydroxylation is 1. The topological polar surface area (TPSA) is 0 Å². The first-order chi connectivity index (χ1) is 7.77. The van der Waals surface area contributed by atoms with Crippen molar-refractivity contribution in [2.45, 2.75) is 39.0 Å². The van der Waals surface area contributed by atoms with Crippen LogP contribution in [0.4, 0.5) is 0 Å². The fourth-order valence-corrected chi connectivity index (χ4v) is 2.30. The Hall–Kier alpha value is -1.30. The van der Waals surface area contributed by atoms with Crippen molar-refractivity contribution in [3.63, 3.8) is 0 Å².